The number of aromatic nitrogens is 3. The van der Waals surface area contributed by atoms with E-state index >= 15 is 0 Å². The highest BCUT2D eigenvalue weighted by Gasteiger charge is 2.34. The molecule has 1 amide bonds. The van der Waals surface area contributed by atoms with Crippen molar-refractivity contribution in [2.75, 3.05) is 24.6 Å². The van der Waals surface area contributed by atoms with E-state index in [1.165, 1.54) is 0 Å². The van der Waals surface area contributed by atoms with Crippen LogP contribution in [0.1, 0.15) is 73.1 Å². The number of hydrogen-bond donors (Lipinski definition) is 0. The lowest BCUT2D eigenvalue weighted by Gasteiger charge is -2.30. The number of sulfone groups is 1. The normalized spacial score (nSPS) is 21.6. The highest BCUT2D eigenvalue weighted by Crippen LogP contribution is 2.32. The Morgan fingerprint density at radius 2 is 1.91 bits per heavy atom. The quantitative estimate of drug-likeness (QED) is 0.596. The van der Waals surface area contributed by atoms with Crippen LogP contribution >= 0.6 is 0 Å². The van der Waals surface area contributed by atoms with E-state index in [-0.39, 0.29) is 35.3 Å². The number of amides is 1. The molecule has 0 aliphatic carbocycles. The van der Waals surface area contributed by atoms with Crippen molar-refractivity contribution in [1.29, 1.82) is 0 Å². The molecule has 8 nitrogen and oxygen atoms in total. The van der Waals surface area contributed by atoms with Crippen LogP contribution in [0.5, 0.6) is 0 Å². The summed E-state index contributed by atoms with van der Waals surface area (Å²) in [6.45, 7) is 5.31. The lowest BCUT2D eigenvalue weighted by Crippen LogP contribution is -2.38. The lowest BCUT2D eigenvalue weighted by atomic mass is 9.96. The van der Waals surface area contributed by atoms with Gasteiger partial charge in [-0.05, 0) is 43.4 Å². The molecule has 2 aliphatic heterocycles. The Morgan fingerprint density at radius 1 is 1.16 bits per heavy atom. The molecule has 1 unspecified atom stereocenters. The van der Waals surface area contributed by atoms with Gasteiger partial charge in [0, 0.05) is 24.7 Å². The van der Waals surface area contributed by atoms with Crippen molar-refractivity contribution in [1.82, 2.24) is 19.7 Å². The zero-order valence-corrected chi connectivity index (χ0v) is 19.2. The number of benzene rings is 1. The highest BCUT2D eigenvalue weighted by atomic mass is 32.2. The van der Waals surface area contributed by atoms with E-state index in [2.05, 4.69) is 10.1 Å². The molecule has 2 aromatic heterocycles. The second-order valence-electron chi connectivity index (χ2n) is 9.20. The summed E-state index contributed by atoms with van der Waals surface area (Å²) in [6.07, 6.45) is 2.13. The second kappa shape index (κ2) is 8.03. The van der Waals surface area contributed by atoms with Crippen LogP contribution in [0.4, 0.5) is 0 Å². The molecular weight excluding hydrogens is 428 g/mol. The number of carbonyl (C=O) groups excluding carboxylic acids is 1. The molecule has 2 saturated heterocycles. The number of likely N-dealkylation sites (tertiary alicyclic amines) is 1. The van der Waals surface area contributed by atoms with E-state index in [0.29, 0.717) is 25.2 Å². The smallest absolute Gasteiger partial charge is 0.274 e. The fraction of sp³-hybridized carbons (Fsp3) is 0.522. The predicted molar refractivity (Wildman–Crippen MR) is 121 cm³/mol. The van der Waals surface area contributed by atoms with Gasteiger partial charge in [-0.15, -0.1) is 0 Å². The Hall–Kier alpha value is -2.68. The largest absolute Gasteiger partial charge is 0.440 e. The SMILES string of the molecule is CC(C)c1cc(C(=O)N2CCC(c3nc4ccccc4o3)CC2)nn1C1CCS(=O)(=O)C1. The average molecular weight is 457 g/mol. The summed E-state index contributed by atoms with van der Waals surface area (Å²) in [7, 11) is -3.03. The molecule has 32 heavy (non-hydrogen) atoms. The molecule has 0 bridgehead atoms. The Bertz CT molecular complexity index is 1220. The van der Waals surface area contributed by atoms with Crippen molar-refractivity contribution in [2.45, 2.75) is 51.0 Å². The zero-order chi connectivity index (χ0) is 22.5. The fourth-order valence-electron chi connectivity index (χ4n) is 4.76. The maximum absolute atomic E-state index is 13.2. The van der Waals surface area contributed by atoms with Crippen molar-refractivity contribution in [3.8, 4) is 0 Å². The van der Waals surface area contributed by atoms with E-state index in [4.69, 9.17) is 4.42 Å². The van der Waals surface area contributed by atoms with Crippen LogP contribution in [0, 0.1) is 0 Å². The Kier molecular flexibility index (Phi) is 5.31. The van der Waals surface area contributed by atoms with E-state index in [0.717, 1.165) is 35.5 Å². The van der Waals surface area contributed by atoms with Crippen LogP contribution in [-0.2, 0) is 9.84 Å². The van der Waals surface area contributed by atoms with E-state index in [1.807, 2.05) is 49.1 Å². The highest BCUT2D eigenvalue weighted by molar-refractivity contribution is 7.91. The van der Waals surface area contributed by atoms with Crippen LogP contribution in [0.15, 0.2) is 34.7 Å². The number of oxazole rings is 1. The number of hydrogen-bond acceptors (Lipinski definition) is 6. The van der Waals surface area contributed by atoms with Gasteiger partial charge < -0.3 is 9.32 Å². The molecule has 3 aromatic rings. The number of para-hydroxylation sites is 2. The number of carbonyl (C=O) groups is 1. The molecule has 0 spiro atoms. The van der Waals surface area contributed by atoms with Crippen LogP contribution in [0.3, 0.4) is 0 Å². The third-order valence-electron chi connectivity index (χ3n) is 6.57. The topological polar surface area (TPSA) is 98.3 Å². The van der Waals surface area contributed by atoms with Crippen molar-refractivity contribution < 1.29 is 17.6 Å². The van der Waals surface area contributed by atoms with Gasteiger partial charge in [0.1, 0.15) is 5.52 Å². The summed E-state index contributed by atoms with van der Waals surface area (Å²) in [5.41, 5.74) is 2.97. The zero-order valence-electron chi connectivity index (χ0n) is 18.4. The summed E-state index contributed by atoms with van der Waals surface area (Å²) in [6, 6.07) is 9.39. The summed E-state index contributed by atoms with van der Waals surface area (Å²) < 4.78 is 31.6. The monoisotopic (exact) mass is 456 g/mol. The van der Waals surface area contributed by atoms with Gasteiger partial charge in [-0.2, -0.15) is 5.10 Å². The molecule has 1 aromatic carbocycles. The fourth-order valence-corrected chi connectivity index (χ4v) is 6.45. The molecule has 1 atom stereocenters. The lowest BCUT2D eigenvalue weighted by molar-refractivity contribution is 0.0699. The number of fused-ring (bicyclic) bond motifs is 1. The van der Waals surface area contributed by atoms with Gasteiger partial charge in [-0.25, -0.2) is 13.4 Å². The molecule has 0 saturated carbocycles. The predicted octanol–water partition coefficient (Wildman–Crippen LogP) is 3.53. The van der Waals surface area contributed by atoms with Crippen LogP contribution < -0.4 is 0 Å². The second-order valence-corrected chi connectivity index (χ2v) is 11.4. The molecule has 4 heterocycles. The minimum atomic E-state index is -3.03. The summed E-state index contributed by atoms with van der Waals surface area (Å²) in [5.74, 6) is 1.27. The van der Waals surface area contributed by atoms with Gasteiger partial charge in [0.05, 0.1) is 17.5 Å². The van der Waals surface area contributed by atoms with Gasteiger partial charge in [-0.1, -0.05) is 26.0 Å². The Morgan fingerprint density at radius 3 is 2.56 bits per heavy atom. The summed E-state index contributed by atoms with van der Waals surface area (Å²) in [4.78, 5) is 19.7. The molecule has 5 rings (SSSR count). The van der Waals surface area contributed by atoms with Gasteiger partial charge in [-0.3, -0.25) is 9.48 Å². The summed E-state index contributed by atoms with van der Waals surface area (Å²) >= 11 is 0. The van der Waals surface area contributed by atoms with Crippen molar-refractivity contribution >= 4 is 26.8 Å². The van der Waals surface area contributed by atoms with Gasteiger partial charge in [0.2, 0.25) is 0 Å². The van der Waals surface area contributed by atoms with E-state index in [9.17, 15) is 13.2 Å². The summed E-state index contributed by atoms with van der Waals surface area (Å²) in [5, 5.41) is 4.59. The number of piperidine rings is 1. The molecule has 2 fully saturated rings. The molecule has 170 valence electrons. The van der Waals surface area contributed by atoms with Crippen molar-refractivity contribution in [3.05, 3.63) is 47.6 Å². The molecule has 0 N–H and O–H groups in total. The van der Waals surface area contributed by atoms with Gasteiger partial charge in [0.15, 0.2) is 27.0 Å². The first-order valence-corrected chi connectivity index (χ1v) is 13.1. The molecule has 0 radical (unpaired) electrons. The minimum absolute atomic E-state index is 0.0949. The van der Waals surface area contributed by atoms with Crippen LogP contribution in [0.25, 0.3) is 11.1 Å². The third kappa shape index (κ3) is 3.94. The first-order valence-electron chi connectivity index (χ1n) is 11.3. The maximum atomic E-state index is 13.2. The van der Waals surface area contributed by atoms with E-state index in [1.54, 1.807) is 4.68 Å². The Labute approximate surface area is 187 Å². The molecule has 9 heteroatoms. The van der Waals surface area contributed by atoms with Crippen LogP contribution in [-0.4, -0.2) is 58.6 Å². The maximum Gasteiger partial charge on any atom is 0.274 e. The number of nitrogens with zero attached hydrogens (tertiary/aromatic N) is 4. The molecule has 2 aliphatic rings. The Balaban J connectivity index is 1.30. The minimum Gasteiger partial charge on any atom is -0.440 e. The first kappa shape index (κ1) is 21.2. The van der Waals surface area contributed by atoms with Crippen LogP contribution in [0.2, 0.25) is 0 Å². The first-order chi connectivity index (χ1) is 15.3. The standard InChI is InChI=1S/C23H28N4O4S/c1-15(2)20-13-19(25-27(20)17-9-12-32(29,30)14-17)23(28)26-10-7-16(8-11-26)22-24-18-5-3-4-6-21(18)31-22/h3-6,13,15-17H,7-12,14H2,1-2H3. The number of rotatable bonds is 4. The van der Waals surface area contributed by atoms with Gasteiger partial charge in [0.25, 0.3) is 5.91 Å². The van der Waals surface area contributed by atoms with Crippen molar-refractivity contribution in [2.24, 2.45) is 0 Å². The van der Waals surface area contributed by atoms with Crippen molar-refractivity contribution in [3.63, 3.8) is 0 Å². The van der Waals surface area contributed by atoms with Gasteiger partial charge >= 0.3 is 0 Å². The molecular formula is C23H28N4O4S. The third-order valence-corrected chi connectivity index (χ3v) is 8.32. The average Bonchev–Trinajstić information content (AvgIpc) is 3.49. The van der Waals surface area contributed by atoms with E-state index < -0.39 is 9.84 Å².